The number of ether oxygens (including phenoxy) is 1. The molecule has 3 rings (SSSR count). The van der Waals surface area contributed by atoms with Crippen LogP contribution in [0.25, 0.3) is 6.08 Å². The van der Waals surface area contributed by atoms with E-state index in [-0.39, 0.29) is 5.91 Å². The molecule has 0 saturated carbocycles. The van der Waals surface area contributed by atoms with E-state index in [1.54, 1.807) is 12.2 Å². The summed E-state index contributed by atoms with van der Waals surface area (Å²) in [4.78, 5) is 18.7. The minimum Gasteiger partial charge on any atom is -0.378 e. The van der Waals surface area contributed by atoms with Crippen molar-refractivity contribution in [3.63, 3.8) is 0 Å². The molecular weight excluding hydrogens is 394 g/mol. The molecule has 1 amide bonds. The van der Waals surface area contributed by atoms with Gasteiger partial charge >= 0.3 is 0 Å². The van der Waals surface area contributed by atoms with Crippen molar-refractivity contribution in [2.45, 2.75) is 13.5 Å². The Morgan fingerprint density at radius 2 is 2.12 bits per heavy atom. The van der Waals surface area contributed by atoms with Gasteiger partial charge in [0.1, 0.15) is 5.82 Å². The number of hydrogen-bond donors (Lipinski definition) is 1. The summed E-state index contributed by atoms with van der Waals surface area (Å²) < 4.78 is 6.33. The number of aryl methyl sites for hydroxylation is 1. The van der Waals surface area contributed by atoms with Crippen LogP contribution in [0, 0.1) is 6.92 Å². The molecule has 0 spiro atoms. The number of rotatable bonds is 5. The molecule has 1 aliphatic heterocycles. The lowest BCUT2D eigenvalue weighted by molar-refractivity contribution is -0.116. The second-order valence-corrected chi connectivity index (χ2v) is 7.05. The Bertz CT molecular complexity index is 784. The zero-order valence-electron chi connectivity index (χ0n) is 14.7. The summed E-state index contributed by atoms with van der Waals surface area (Å²) in [7, 11) is 0. The van der Waals surface area contributed by atoms with Crippen LogP contribution in [0.2, 0.25) is 0 Å². The maximum Gasteiger partial charge on any atom is 0.244 e. The highest BCUT2D eigenvalue weighted by Crippen LogP contribution is 2.19. The van der Waals surface area contributed by atoms with Gasteiger partial charge in [-0.3, -0.25) is 4.79 Å². The van der Waals surface area contributed by atoms with E-state index in [2.05, 4.69) is 31.1 Å². The van der Waals surface area contributed by atoms with Crippen molar-refractivity contribution in [3.8, 4) is 0 Å². The number of morpholine rings is 1. The van der Waals surface area contributed by atoms with E-state index < -0.39 is 0 Å². The van der Waals surface area contributed by atoms with Crippen molar-refractivity contribution < 1.29 is 9.53 Å². The van der Waals surface area contributed by atoms with E-state index in [1.807, 2.05) is 43.5 Å². The first kappa shape index (κ1) is 18.6. The molecule has 0 radical (unpaired) electrons. The van der Waals surface area contributed by atoms with Crippen LogP contribution in [-0.4, -0.2) is 37.2 Å². The number of pyridine rings is 1. The highest BCUT2D eigenvalue weighted by atomic mass is 79.9. The van der Waals surface area contributed by atoms with E-state index in [9.17, 15) is 4.79 Å². The zero-order valence-corrected chi connectivity index (χ0v) is 16.3. The normalized spacial score (nSPS) is 14.6. The molecule has 1 aromatic carbocycles. The molecule has 1 fully saturated rings. The van der Waals surface area contributed by atoms with E-state index in [4.69, 9.17) is 4.74 Å². The topological polar surface area (TPSA) is 54.5 Å². The summed E-state index contributed by atoms with van der Waals surface area (Å²) in [5.74, 6) is 0.822. The molecule has 2 heterocycles. The summed E-state index contributed by atoms with van der Waals surface area (Å²) in [6.07, 6.45) is 5.16. The molecule has 0 bridgehead atoms. The van der Waals surface area contributed by atoms with Crippen molar-refractivity contribution in [1.29, 1.82) is 0 Å². The first-order chi connectivity index (χ1) is 12.6. The quantitative estimate of drug-likeness (QED) is 0.760. The van der Waals surface area contributed by atoms with Crippen LogP contribution in [0.3, 0.4) is 0 Å². The van der Waals surface area contributed by atoms with Gasteiger partial charge in [0.15, 0.2) is 0 Å². The Morgan fingerprint density at radius 3 is 2.81 bits per heavy atom. The molecule has 1 aromatic heterocycles. The molecular formula is C20H22BrN3O2. The summed E-state index contributed by atoms with van der Waals surface area (Å²) in [6, 6.07) is 10.0. The van der Waals surface area contributed by atoms with Crippen molar-refractivity contribution in [1.82, 2.24) is 10.3 Å². The van der Waals surface area contributed by atoms with Crippen molar-refractivity contribution in [2.75, 3.05) is 31.2 Å². The monoisotopic (exact) mass is 415 g/mol. The molecule has 2 aromatic rings. The Kier molecular flexibility index (Phi) is 6.41. The first-order valence-corrected chi connectivity index (χ1v) is 9.41. The average Bonchev–Trinajstić information content (AvgIpc) is 2.67. The predicted octanol–water partition coefficient (Wildman–Crippen LogP) is 3.32. The van der Waals surface area contributed by atoms with Crippen LogP contribution in [0.5, 0.6) is 0 Å². The molecule has 26 heavy (non-hydrogen) atoms. The van der Waals surface area contributed by atoms with E-state index >= 15 is 0 Å². The molecule has 5 nitrogen and oxygen atoms in total. The average molecular weight is 416 g/mol. The van der Waals surface area contributed by atoms with Crippen LogP contribution in [0.1, 0.15) is 16.7 Å². The highest BCUT2D eigenvalue weighted by molar-refractivity contribution is 9.10. The van der Waals surface area contributed by atoms with E-state index in [1.165, 1.54) is 5.56 Å². The Balaban J connectivity index is 1.51. The summed E-state index contributed by atoms with van der Waals surface area (Å²) >= 11 is 3.51. The predicted molar refractivity (Wildman–Crippen MR) is 107 cm³/mol. The lowest BCUT2D eigenvalue weighted by Crippen LogP contribution is -2.36. The highest BCUT2D eigenvalue weighted by Gasteiger charge is 2.11. The number of nitrogens with zero attached hydrogens (tertiary/aromatic N) is 2. The lowest BCUT2D eigenvalue weighted by atomic mass is 10.1. The van der Waals surface area contributed by atoms with E-state index in [0.29, 0.717) is 6.54 Å². The molecule has 1 saturated heterocycles. The number of carbonyl (C=O) groups excluding carboxylic acids is 1. The largest absolute Gasteiger partial charge is 0.378 e. The minimum atomic E-state index is -0.130. The van der Waals surface area contributed by atoms with Gasteiger partial charge in [-0.1, -0.05) is 34.1 Å². The second-order valence-electron chi connectivity index (χ2n) is 6.20. The fourth-order valence-corrected chi connectivity index (χ4v) is 3.31. The lowest BCUT2D eigenvalue weighted by Gasteiger charge is -2.27. The van der Waals surface area contributed by atoms with Crippen LogP contribution in [0.15, 0.2) is 47.1 Å². The number of benzene rings is 1. The number of hydrogen-bond acceptors (Lipinski definition) is 4. The Hall–Kier alpha value is -2.18. The smallest absolute Gasteiger partial charge is 0.244 e. The van der Waals surface area contributed by atoms with Gasteiger partial charge in [-0.2, -0.15) is 0 Å². The fourth-order valence-electron chi connectivity index (χ4n) is 2.68. The van der Waals surface area contributed by atoms with Gasteiger partial charge in [-0.05, 0) is 41.8 Å². The van der Waals surface area contributed by atoms with Crippen molar-refractivity contribution >= 4 is 33.7 Å². The van der Waals surface area contributed by atoms with Crippen molar-refractivity contribution in [3.05, 3.63) is 63.8 Å². The van der Waals surface area contributed by atoms with Gasteiger partial charge in [0.25, 0.3) is 0 Å². The van der Waals surface area contributed by atoms with Gasteiger partial charge in [0, 0.05) is 36.4 Å². The number of aromatic nitrogens is 1. The Morgan fingerprint density at radius 1 is 1.31 bits per heavy atom. The molecule has 6 heteroatoms. The molecule has 0 unspecified atom stereocenters. The summed E-state index contributed by atoms with van der Waals surface area (Å²) in [5.41, 5.74) is 3.12. The van der Waals surface area contributed by atoms with Gasteiger partial charge in [0.05, 0.1) is 13.2 Å². The molecule has 0 atom stereocenters. The number of anilines is 1. The molecule has 0 aliphatic carbocycles. The van der Waals surface area contributed by atoms with Gasteiger partial charge in [0.2, 0.25) is 5.91 Å². The van der Waals surface area contributed by atoms with Gasteiger partial charge < -0.3 is 15.0 Å². The second kappa shape index (κ2) is 8.96. The molecule has 1 aliphatic rings. The van der Waals surface area contributed by atoms with Crippen molar-refractivity contribution in [2.24, 2.45) is 0 Å². The summed E-state index contributed by atoms with van der Waals surface area (Å²) in [5, 5.41) is 2.88. The van der Waals surface area contributed by atoms with Crippen LogP contribution < -0.4 is 10.2 Å². The maximum absolute atomic E-state index is 12.0. The minimum absolute atomic E-state index is 0.130. The van der Waals surface area contributed by atoms with E-state index in [0.717, 1.165) is 47.7 Å². The first-order valence-electron chi connectivity index (χ1n) is 8.61. The summed E-state index contributed by atoms with van der Waals surface area (Å²) in [6.45, 7) is 5.69. The van der Waals surface area contributed by atoms with Gasteiger partial charge in [-0.15, -0.1) is 0 Å². The number of halogens is 1. The fraction of sp³-hybridized carbons (Fsp3) is 0.300. The maximum atomic E-state index is 12.0. The third-order valence-electron chi connectivity index (χ3n) is 4.18. The van der Waals surface area contributed by atoms with Crippen LogP contribution in [-0.2, 0) is 16.1 Å². The van der Waals surface area contributed by atoms with Crippen LogP contribution >= 0.6 is 15.9 Å². The van der Waals surface area contributed by atoms with Crippen LogP contribution in [0.4, 0.5) is 5.82 Å². The van der Waals surface area contributed by atoms with Gasteiger partial charge in [-0.25, -0.2) is 4.98 Å². The molecule has 136 valence electrons. The molecule has 1 N–H and O–H groups in total. The third-order valence-corrected chi connectivity index (χ3v) is 4.87. The zero-order chi connectivity index (χ0) is 18.4. The number of nitrogens with one attached hydrogen (secondary N) is 1. The Labute approximate surface area is 162 Å². The number of amides is 1. The number of carbonyl (C=O) groups is 1. The standard InChI is InChI=1S/C20H22BrN3O2/c1-15-2-4-17(18(21)12-15)5-7-20(25)23-14-16-3-6-19(22-13-16)24-8-10-26-11-9-24/h2-7,12-13H,8-11,14H2,1H3,(H,23,25)/b7-5+. The third kappa shape index (κ3) is 5.16. The SMILES string of the molecule is Cc1ccc(/C=C/C(=O)NCc2ccc(N3CCOCC3)nc2)c(Br)c1.